The molecule has 2 aromatic rings. The summed E-state index contributed by atoms with van der Waals surface area (Å²) in [6.07, 6.45) is 5.80. The summed E-state index contributed by atoms with van der Waals surface area (Å²) >= 11 is 4.74. The number of anilines is 2. The van der Waals surface area contributed by atoms with E-state index in [1.54, 1.807) is 12.1 Å². The molecule has 0 aliphatic carbocycles. The molecule has 1 aliphatic rings. The van der Waals surface area contributed by atoms with Gasteiger partial charge in [0.15, 0.2) is 0 Å². The maximum absolute atomic E-state index is 12.8. The van der Waals surface area contributed by atoms with E-state index in [1.165, 1.54) is 42.9 Å². The molecule has 32 heavy (non-hydrogen) atoms. The van der Waals surface area contributed by atoms with Crippen LogP contribution in [0.25, 0.3) is 5.57 Å². The Kier molecular flexibility index (Phi) is 7.16. The fourth-order valence-corrected chi connectivity index (χ4v) is 3.35. The lowest BCUT2D eigenvalue weighted by Gasteiger charge is -2.21. The summed E-state index contributed by atoms with van der Waals surface area (Å²) in [5.74, 6) is -0.0667. The van der Waals surface area contributed by atoms with Gasteiger partial charge in [0, 0.05) is 53.9 Å². The van der Waals surface area contributed by atoms with Crippen LogP contribution in [0.4, 0.5) is 20.3 Å². The van der Waals surface area contributed by atoms with Gasteiger partial charge in [-0.3, -0.25) is 4.79 Å². The number of nitrogens with one attached hydrogen (secondary N) is 1. The van der Waals surface area contributed by atoms with E-state index >= 15 is 0 Å². The van der Waals surface area contributed by atoms with Gasteiger partial charge in [0.25, 0.3) is 5.91 Å². The van der Waals surface area contributed by atoms with Crippen molar-refractivity contribution in [3.8, 4) is 5.75 Å². The molecule has 1 fully saturated rings. The van der Waals surface area contributed by atoms with Crippen LogP contribution in [0.5, 0.6) is 5.75 Å². The fraction of sp³-hybridized carbons (Fsp3) is 0.238. The van der Waals surface area contributed by atoms with Gasteiger partial charge in [0.2, 0.25) is 0 Å². The number of allylic oxidation sites excluding steroid dienone is 2. The minimum absolute atomic E-state index is 0.157. The van der Waals surface area contributed by atoms with E-state index < -0.39 is 17.6 Å². The number of β-amino-alcohol motifs (C(OH)–C–C–N with tert-alkyl or cyclic N) is 1. The number of nitrogens with two attached hydrogens (primary N) is 2. The van der Waals surface area contributed by atoms with Gasteiger partial charge >= 0.3 is 5.57 Å². The first-order chi connectivity index (χ1) is 15.2. The molecule has 0 unspecified atom stereocenters. The van der Waals surface area contributed by atoms with Crippen LogP contribution in [0.3, 0.4) is 0 Å². The van der Waals surface area contributed by atoms with Gasteiger partial charge in [0.1, 0.15) is 11.6 Å². The molecule has 0 bridgehead atoms. The Morgan fingerprint density at radius 1 is 1.34 bits per heavy atom. The lowest BCUT2D eigenvalue weighted by Crippen LogP contribution is -2.24. The SMILES string of the molecule is N/C=C\C(=C/N)c1cc(C(=O)Nc2ccc(OC(F)(F)Cl)cc2)cnc1N1CC[C@@H](O)C1. The molecule has 6 N–H and O–H groups in total. The highest BCUT2D eigenvalue weighted by Gasteiger charge is 2.27. The summed E-state index contributed by atoms with van der Waals surface area (Å²) in [6, 6.07) is 6.91. The van der Waals surface area contributed by atoms with Crippen molar-refractivity contribution in [3.05, 3.63) is 66.1 Å². The molecule has 1 aromatic carbocycles. The Hall–Kier alpha value is -3.37. The lowest BCUT2D eigenvalue weighted by atomic mass is 10.0. The van der Waals surface area contributed by atoms with Crippen LogP contribution < -0.4 is 26.4 Å². The predicted octanol–water partition coefficient (Wildman–Crippen LogP) is 2.84. The third kappa shape index (κ3) is 5.86. The first-order valence-electron chi connectivity index (χ1n) is 9.61. The first-order valence-corrected chi connectivity index (χ1v) is 9.98. The summed E-state index contributed by atoms with van der Waals surface area (Å²) in [5, 5.41) is 12.5. The number of nitrogens with zero attached hydrogens (tertiary/aromatic N) is 2. The van der Waals surface area contributed by atoms with Crippen molar-refractivity contribution in [2.45, 2.75) is 18.1 Å². The number of amides is 1. The number of aliphatic hydroxyl groups excluding tert-OH is 1. The number of hydrogen-bond acceptors (Lipinski definition) is 7. The second kappa shape index (κ2) is 9.84. The largest absolute Gasteiger partial charge is 0.487 e. The van der Waals surface area contributed by atoms with Gasteiger partial charge in [-0.15, -0.1) is 8.78 Å². The second-order valence-corrected chi connectivity index (χ2v) is 7.43. The molecule has 1 saturated heterocycles. The van der Waals surface area contributed by atoms with Gasteiger partial charge in [0.05, 0.1) is 11.7 Å². The van der Waals surface area contributed by atoms with Crippen LogP contribution in [-0.4, -0.2) is 40.8 Å². The van der Waals surface area contributed by atoms with Gasteiger partial charge in [-0.25, -0.2) is 4.98 Å². The van der Waals surface area contributed by atoms with Crippen molar-refractivity contribution in [2.24, 2.45) is 11.5 Å². The Bertz CT molecular complexity index is 1030. The third-order valence-corrected chi connectivity index (χ3v) is 4.78. The van der Waals surface area contributed by atoms with Crippen LogP contribution in [0.2, 0.25) is 0 Å². The molecule has 0 saturated carbocycles. The number of aliphatic hydroxyl groups is 1. The summed E-state index contributed by atoms with van der Waals surface area (Å²) in [5.41, 5.74) is 9.16. The van der Waals surface area contributed by atoms with E-state index in [2.05, 4.69) is 15.0 Å². The van der Waals surface area contributed by atoms with Crippen LogP contribution >= 0.6 is 11.6 Å². The lowest BCUT2D eigenvalue weighted by molar-refractivity contribution is -0.0964. The molecule has 3 rings (SSSR count). The average molecular weight is 466 g/mol. The number of hydrogen-bond donors (Lipinski definition) is 4. The van der Waals surface area contributed by atoms with E-state index in [4.69, 9.17) is 23.1 Å². The monoisotopic (exact) mass is 465 g/mol. The minimum atomic E-state index is -3.83. The quantitative estimate of drug-likeness (QED) is 0.366. The predicted molar refractivity (Wildman–Crippen MR) is 118 cm³/mol. The third-order valence-electron chi connectivity index (χ3n) is 4.70. The standard InChI is InChI=1S/C21H22ClF2N5O3/c22-21(23,24)32-17-3-1-15(2-4-17)28-20(31)14-9-18(13(10-26)5-7-25)19(27-11-14)29-8-6-16(30)12-29/h1-5,7,9-11,16,30H,6,8,12,25-26H2,(H,28,31)/b7-5-,13-10+/t16-/m1/s1. The number of benzene rings is 1. The van der Waals surface area contributed by atoms with Crippen molar-refractivity contribution in [1.82, 2.24) is 4.98 Å². The van der Waals surface area contributed by atoms with Gasteiger partial charge in [-0.1, -0.05) is 0 Å². The number of halogens is 3. The molecule has 1 atom stereocenters. The Morgan fingerprint density at radius 2 is 2.06 bits per heavy atom. The van der Waals surface area contributed by atoms with Crippen LogP contribution in [0.1, 0.15) is 22.3 Å². The second-order valence-electron chi connectivity index (χ2n) is 6.99. The minimum Gasteiger partial charge on any atom is -0.420 e. The zero-order chi connectivity index (χ0) is 23.3. The molecule has 1 amide bonds. The molecule has 1 aromatic heterocycles. The van der Waals surface area contributed by atoms with Crippen molar-refractivity contribution in [2.75, 3.05) is 23.3 Å². The Morgan fingerprint density at radius 3 is 2.62 bits per heavy atom. The van der Waals surface area contributed by atoms with E-state index in [0.29, 0.717) is 42.2 Å². The number of ether oxygens (including phenoxy) is 1. The van der Waals surface area contributed by atoms with Crippen molar-refractivity contribution in [1.29, 1.82) is 0 Å². The maximum atomic E-state index is 12.8. The number of carbonyl (C=O) groups is 1. The molecule has 1 aliphatic heterocycles. The molecule has 0 radical (unpaired) electrons. The summed E-state index contributed by atoms with van der Waals surface area (Å²) in [7, 11) is 0. The zero-order valence-corrected chi connectivity index (χ0v) is 17.6. The van der Waals surface area contributed by atoms with Crippen molar-refractivity contribution in [3.63, 3.8) is 0 Å². The van der Waals surface area contributed by atoms with Crippen LogP contribution in [0, 0.1) is 0 Å². The van der Waals surface area contributed by atoms with E-state index in [-0.39, 0.29) is 11.3 Å². The van der Waals surface area contributed by atoms with Gasteiger partial charge in [-0.05, 0) is 49.0 Å². The molecule has 11 heteroatoms. The molecule has 0 spiro atoms. The zero-order valence-electron chi connectivity index (χ0n) is 16.8. The van der Waals surface area contributed by atoms with E-state index in [1.807, 2.05) is 4.90 Å². The summed E-state index contributed by atoms with van der Waals surface area (Å²) in [6.45, 7) is 1.01. The number of rotatable bonds is 7. The van der Waals surface area contributed by atoms with Crippen molar-refractivity contribution >= 4 is 34.6 Å². The normalized spacial score (nSPS) is 17.1. The Balaban J connectivity index is 1.85. The average Bonchev–Trinajstić information content (AvgIpc) is 3.18. The number of alkyl halides is 3. The first kappa shape index (κ1) is 23.3. The maximum Gasteiger partial charge on any atom is 0.487 e. The molecule has 170 valence electrons. The number of pyridine rings is 1. The molecule has 8 nitrogen and oxygen atoms in total. The number of aromatic nitrogens is 1. The summed E-state index contributed by atoms with van der Waals surface area (Å²) in [4.78, 5) is 19.1. The van der Waals surface area contributed by atoms with Crippen molar-refractivity contribution < 1.29 is 23.4 Å². The summed E-state index contributed by atoms with van der Waals surface area (Å²) < 4.78 is 29.7. The van der Waals surface area contributed by atoms with Gasteiger partial charge < -0.3 is 31.5 Å². The highest BCUT2D eigenvalue weighted by Crippen LogP contribution is 2.30. The topological polar surface area (TPSA) is 127 Å². The number of carbonyl (C=O) groups excluding carboxylic acids is 1. The van der Waals surface area contributed by atoms with E-state index in [9.17, 15) is 18.7 Å². The molecular weight excluding hydrogens is 444 g/mol. The van der Waals surface area contributed by atoms with Crippen LogP contribution in [-0.2, 0) is 0 Å². The molecule has 2 heterocycles. The highest BCUT2D eigenvalue weighted by atomic mass is 35.5. The fourth-order valence-electron chi connectivity index (χ4n) is 3.26. The van der Waals surface area contributed by atoms with Crippen LogP contribution in [0.15, 0.2) is 55.0 Å². The smallest absolute Gasteiger partial charge is 0.420 e. The van der Waals surface area contributed by atoms with E-state index in [0.717, 1.165) is 0 Å². The molecular formula is C21H22ClF2N5O3. The Labute approximate surface area is 188 Å². The highest BCUT2D eigenvalue weighted by molar-refractivity contribution is 6.20. The van der Waals surface area contributed by atoms with Gasteiger partial charge in [-0.2, -0.15) is 0 Å².